The molecule has 0 bridgehead atoms. The molecule has 2 unspecified atom stereocenters. The lowest BCUT2D eigenvalue weighted by Crippen LogP contribution is -2.55. The molecule has 7 nitrogen and oxygen atoms in total. The highest BCUT2D eigenvalue weighted by Gasteiger charge is 2.37. The van der Waals surface area contributed by atoms with Gasteiger partial charge in [0, 0.05) is 13.1 Å². The van der Waals surface area contributed by atoms with Crippen LogP contribution in [0.5, 0.6) is 0 Å². The number of nitrogens with two attached hydrogens (primary N) is 1. The van der Waals surface area contributed by atoms with E-state index >= 15 is 0 Å². The maximum Gasteiger partial charge on any atom is 0.326 e. The Hall–Kier alpha value is -1.79. The van der Waals surface area contributed by atoms with Crippen molar-refractivity contribution >= 4 is 17.9 Å². The highest BCUT2D eigenvalue weighted by molar-refractivity contribution is 5.86. The molecule has 3 N–H and O–H groups in total. The molecule has 0 aromatic carbocycles. The molecule has 3 amide bonds. The zero-order chi connectivity index (χ0) is 15.3. The van der Waals surface area contributed by atoms with E-state index in [1.165, 1.54) is 9.80 Å². The van der Waals surface area contributed by atoms with Crippen LogP contribution in [-0.2, 0) is 9.59 Å². The molecule has 1 saturated heterocycles. The van der Waals surface area contributed by atoms with Gasteiger partial charge in [-0.05, 0) is 25.7 Å². The number of carboxylic acid groups (broad SMARTS) is 1. The molecule has 0 saturated carbocycles. The van der Waals surface area contributed by atoms with Crippen molar-refractivity contribution in [1.29, 1.82) is 0 Å². The van der Waals surface area contributed by atoms with Gasteiger partial charge in [0.2, 0.25) is 5.91 Å². The lowest BCUT2D eigenvalue weighted by molar-refractivity contribution is -0.144. The molecule has 1 aliphatic heterocycles. The van der Waals surface area contributed by atoms with Gasteiger partial charge in [-0.2, -0.15) is 0 Å². The third-order valence-corrected chi connectivity index (χ3v) is 3.82. The standard InChI is InChI=1S/C13H23N3O4/c1-3-9-5-6-16(10(7-9)12(18)19)13(20)15(4-2)8-11(14)17/h9-10H,3-8H2,1-2H3,(H2,14,17)(H,18,19). The van der Waals surface area contributed by atoms with Gasteiger partial charge in [0.15, 0.2) is 0 Å². The van der Waals surface area contributed by atoms with Crippen LogP contribution in [0.3, 0.4) is 0 Å². The van der Waals surface area contributed by atoms with Crippen LogP contribution in [-0.4, -0.2) is 58.5 Å². The number of rotatable bonds is 5. The Morgan fingerprint density at radius 1 is 1.35 bits per heavy atom. The fourth-order valence-corrected chi connectivity index (χ4v) is 2.56. The number of likely N-dealkylation sites (N-methyl/N-ethyl adjacent to an activating group) is 1. The number of aliphatic carboxylic acids is 1. The van der Waals surface area contributed by atoms with Crippen LogP contribution in [0.2, 0.25) is 0 Å². The highest BCUT2D eigenvalue weighted by atomic mass is 16.4. The predicted octanol–water partition coefficient (Wildman–Crippen LogP) is 0.489. The van der Waals surface area contributed by atoms with E-state index in [2.05, 4.69) is 0 Å². The fraction of sp³-hybridized carbons (Fsp3) is 0.769. The third-order valence-electron chi connectivity index (χ3n) is 3.82. The Morgan fingerprint density at radius 2 is 2.00 bits per heavy atom. The van der Waals surface area contributed by atoms with Gasteiger partial charge < -0.3 is 20.6 Å². The van der Waals surface area contributed by atoms with Crippen molar-refractivity contribution in [2.75, 3.05) is 19.6 Å². The number of carboxylic acids is 1. The molecule has 0 aliphatic carbocycles. The van der Waals surface area contributed by atoms with Crippen LogP contribution in [0.15, 0.2) is 0 Å². The Balaban J connectivity index is 2.83. The summed E-state index contributed by atoms with van der Waals surface area (Å²) in [5, 5.41) is 9.30. The highest BCUT2D eigenvalue weighted by Crippen LogP contribution is 2.26. The normalized spacial score (nSPS) is 22.4. The van der Waals surface area contributed by atoms with Crippen molar-refractivity contribution in [3.8, 4) is 0 Å². The summed E-state index contributed by atoms with van der Waals surface area (Å²) in [4.78, 5) is 37.3. The Labute approximate surface area is 118 Å². The van der Waals surface area contributed by atoms with Crippen LogP contribution in [0, 0.1) is 5.92 Å². The Morgan fingerprint density at radius 3 is 2.45 bits per heavy atom. The number of hydrogen-bond acceptors (Lipinski definition) is 3. The van der Waals surface area contributed by atoms with Gasteiger partial charge in [0.1, 0.15) is 12.6 Å². The van der Waals surface area contributed by atoms with Crippen molar-refractivity contribution in [1.82, 2.24) is 9.80 Å². The van der Waals surface area contributed by atoms with Gasteiger partial charge in [-0.1, -0.05) is 13.3 Å². The van der Waals surface area contributed by atoms with Crippen LogP contribution in [0.4, 0.5) is 4.79 Å². The number of nitrogens with zero attached hydrogens (tertiary/aromatic N) is 2. The Kier molecular flexibility index (Phi) is 5.79. The fourth-order valence-electron chi connectivity index (χ4n) is 2.56. The number of urea groups is 1. The first-order valence-electron chi connectivity index (χ1n) is 6.97. The topological polar surface area (TPSA) is 104 Å². The number of hydrogen-bond donors (Lipinski definition) is 2. The minimum absolute atomic E-state index is 0.185. The summed E-state index contributed by atoms with van der Waals surface area (Å²) >= 11 is 0. The van der Waals surface area contributed by atoms with Gasteiger partial charge in [0.05, 0.1) is 0 Å². The van der Waals surface area contributed by atoms with Crippen molar-refractivity contribution < 1.29 is 19.5 Å². The largest absolute Gasteiger partial charge is 0.480 e. The number of carbonyl (C=O) groups is 3. The number of primary amides is 1. The van der Waals surface area contributed by atoms with Crippen LogP contribution < -0.4 is 5.73 Å². The van der Waals surface area contributed by atoms with E-state index < -0.39 is 23.9 Å². The lowest BCUT2D eigenvalue weighted by Gasteiger charge is -2.39. The van der Waals surface area contributed by atoms with E-state index in [1.54, 1.807) is 6.92 Å². The second kappa shape index (κ2) is 7.12. The van der Waals surface area contributed by atoms with Gasteiger partial charge in [-0.3, -0.25) is 4.79 Å². The van der Waals surface area contributed by atoms with Gasteiger partial charge >= 0.3 is 12.0 Å². The second-order valence-electron chi connectivity index (χ2n) is 5.11. The van der Waals surface area contributed by atoms with Gasteiger partial charge in [-0.15, -0.1) is 0 Å². The minimum atomic E-state index is -0.994. The SMILES string of the molecule is CCC1CCN(C(=O)N(CC)CC(N)=O)C(C(=O)O)C1. The maximum atomic E-state index is 12.4. The van der Waals surface area contributed by atoms with E-state index in [0.717, 1.165) is 12.8 Å². The van der Waals surface area contributed by atoms with Crippen molar-refractivity contribution in [2.24, 2.45) is 11.7 Å². The second-order valence-corrected chi connectivity index (χ2v) is 5.11. The first-order chi connectivity index (χ1) is 9.40. The van der Waals surface area contributed by atoms with Gasteiger partial charge in [0.25, 0.3) is 0 Å². The third kappa shape index (κ3) is 3.85. The first-order valence-corrected chi connectivity index (χ1v) is 6.97. The van der Waals surface area contributed by atoms with Crippen molar-refractivity contribution in [3.63, 3.8) is 0 Å². The van der Waals surface area contributed by atoms with Crippen molar-refractivity contribution in [2.45, 2.75) is 39.2 Å². The number of piperidine rings is 1. The molecule has 2 atom stereocenters. The van der Waals surface area contributed by atoms with E-state index in [9.17, 15) is 19.5 Å². The lowest BCUT2D eigenvalue weighted by atomic mass is 9.89. The maximum absolute atomic E-state index is 12.4. The van der Waals surface area contributed by atoms with Crippen LogP contribution >= 0.6 is 0 Å². The minimum Gasteiger partial charge on any atom is -0.480 e. The van der Waals surface area contributed by atoms with E-state index in [0.29, 0.717) is 25.4 Å². The van der Waals surface area contributed by atoms with E-state index in [4.69, 9.17) is 5.73 Å². The molecule has 0 aromatic rings. The van der Waals surface area contributed by atoms with Crippen molar-refractivity contribution in [3.05, 3.63) is 0 Å². The zero-order valence-electron chi connectivity index (χ0n) is 12.0. The zero-order valence-corrected chi connectivity index (χ0v) is 12.0. The first kappa shape index (κ1) is 16.3. The molecular formula is C13H23N3O4. The summed E-state index contributed by atoms with van der Waals surface area (Å²) in [6, 6.07) is -1.24. The molecule has 20 heavy (non-hydrogen) atoms. The average molecular weight is 285 g/mol. The number of likely N-dealkylation sites (tertiary alicyclic amines) is 1. The summed E-state index contributed by atoms with van der Waals surface area (Å²) < 4.78 is 0. The van der Waals surface area contributed by atoms with E-state index in [1.807, 2.05) is 6.92 Å². The molecule has 1 fully saturated rings. The molecule has 0 radical (unpaired) electrons. The Bertz CT molecular complexity index is 386. The average Bonchev–Trinajstić information content (AvgIpc) is 2.42. The summed E-state index contributed by atoms with van der Waals surface area (Å²) in [6.07, 6.45) is 2.16. The number of amides is 3. The monoisotopic (exact) mass is 285 g/mol. The molecule has 1 rings (SSSR count). The molecule has 0 aromatic heterocycles. The summed E-state index contributed by atoms with van der Waals surface area (Å²) in [6.45, 7) is 4.29. The molecule has 7 heteroatoms. The molecule has 0 spiro atoms. The van der Waals surface area contributed by atoms with E-state index in [-0.39, 0.29) is 6.54 Å². The molecular weight excluding hydrogens is 262 g/mol. The molecule has 114 valence electrons. The van der Waals surface area contributed by atoms with Crippen LogP contribution in [0.25, 0.3) is 0 Å². The molecule has 1 aliphatic rings. The summed E-state index contributed by atoms with van der Waals surface area (Å²) in [5.41, 5.74) is 5.11. The van der Waals surface area contributed by atoms with Gasteiger partial charge in [-0.25, -0.2) is 9.59 Å². The predicted molar refractivity (Wildman–Crippen MR) is 73.0 cm³/mol. The van der Waals surface area contributed by atoms with Crippen LogP contribution in [0.1, 0.15) is 33.1 Å². The summed E-state index contributed by atoms with van der Waals surface area (Å²) in [5.74, 6) is -1.27. The quantitative estimate of drug-likeness (QED) is 0.767. The number of carbonyl (C=O) groups excluding carboxylic acids is 2. The smallest absolute Gasteiger partial charge is 0.326 e. The summed E-state index contributed by atoms with van der Waals surface area (Å²) in [7, 11) is 0. The molecule has 1 heterocycles.